The van der Waals surface area contributed by atoms with Gasteiger partial charge in [0, 0.05) is 13.0 Å². The molecule has 1 aromatic rings. The summed E-state index contributed by atoms with van der Waals surface area (Å²) in [6.45, 7) is 2.67. The maximum atomic E-state index is 13.0. The highest BCUT2D eigenvalue weighted by atomic mass is 19.2. The van der Waals surface area contributed by atoms with E-state index in [-0.39, 0.29) is 12.5 Å². The highest BCUT2D eigenvalue weighted by Gasteiger charge is 2.30. The number of rotatable bonds is 3. The van der Waals surface area contributed by atoms with Crippen LogP contribution in [0.5, 0.6) is 0 Å². The predicted molar refractivity (Wildman–Crippen MR) is 59.6 cm³/mol. The summed E-state index contributed by atoms with van der Waals surface area (Å²) in [5.74, 6) is -1.45. The lowest BCUT2D eigenvalue weighted by Crippen LogP contribution is -2.31. The Morgan fingerprint density at radius 1 is 1.41 bits per heavy atom. The van der Waals surface area contributed by atoms with Gasteiger partial charge in [0.2, 0.25) is 0 Å². The molecule has 1 aromatic carbocycles. The number of benzene rings is 1. The van der Waals surface area contributed by atoms with E-state index in [1.807, 2.05) is 6.92 Å². The molecule has 1 saturated heterocycles. The fourth-order valence-corrected chi connectivity index (χ4v) is 2.23. The lowest BCUT2D eigenvalue weighted by molar-refractivity contribution is -0.0157. The fourth-order valence-electron chi connectivity index (χ4n) is 2.23. The van der Waals surface area contributed by atoms with E-state index >= 15 is 0 Å². The Hall–Kier alpha value is -1.00. The molecule has 17 heavy (non-hydrogen) atoms. The van der Waals surface area contributed by atoms with Crippen molar-refractivity contribution in [2.45, 2.75) is 32.0 Å². The molecular weight excluding hydrogens is 226 g/mol. The first-order valence-electron chi connectivity index (χ1n) is 5.81. The molecule has 0 saturated carbocycles. The monoisotopic (exact) mass is 242 g/mol. The maximum absolute atomic E-state index is 13.0. The number of aliphatic hydroxyl groups excluding tert-OH is 1. The summed E-state index contributed by atoms with van der Waals surface area (Å²) in [6, 6.07) is 3.69. The van der Waals surface area contributed by atoms with E-state index in [0.29, 0.717) is 18.1 Å². The van der Waals surface area contributed by atoms with Crippen LogP contribution in [0.15, 0.2) is 18.2 Å². The topological polar surface area (TPSA) is 29.5 Å². The van der Waals surface area contributed by atoms with Crippen LogP contribution in [-0.2, 0) is 11.2 Å². The van der Waals surface area contributed by atoms with E-state index in [4.69, 9.17) is 4.74 Å². The van der Waals surface area contributed by atoms with Crippen LogP contribution in [0.2, 0.25) is 0 Å². The van der Waals surface area contributed by atoms with Crippen molar-refractivity contribution >= 4 is 0 Å². The minimum absolute atomic E-state index is 0.205. The first kappa shape index (κ1) is 12.5. The molecule has 4 heteroatoms. The van der Waals surface area contributed by atoms with Gasteiger partial charge < -0.3 is 9.84 Å². The Balaban J connectivity index is 2.02. The second-order valence-corrected chi connectivity index (χ2v) is 4.62. The van der Waals surface area contributed by atoms with E-state index < -0.39 is 17.7 Å². The maximum Gasteiger partial charge on any atom is 0.159 e. The van der Waals surface area contributed by atoms with Crippen molar-refractivity contribution in [3.8, 4) is 0 Å². The minimum Gasteiger partial charge on any atom is -0.390 e. The van der Waals surface area contributed by atoms with Crippen molar-refractivity contribution in [2.75, 3.05) is 6.61 Å². The van der Waals surface area contributed by atoms with Gasteiger partial charge in [0.05, 0.1) is 12.2 Å². The first-order chi connectivity index (χ1) is 8.08. The molecule has 0 aromatic heterocycles. The Bertz CT molecular complexity index is 395. The molecule has 1 heterocycles. The van der Waals surface area contributed by atoms with Gasteiger partial charge in [0.25, 0.3) is 0 Å². The van der Waals surface area contributed by atoms with Crippen LogP contribution in [0.1, 0.15) is 18.9 Å². The Labute approximate surface area is 99.2 Å². The predicted octanol–water partition coefficient (Wildman–Crippen LogP) is 2.29. The van der Waals surface area contributed by atoms with Gasteiger partial charge in [-0.2, -0.15) is 0 Å². The SMILES string of the molecule is CC1CCOC1C(O)Cc1ccc(F)c(F)c1. The summed E-state index contributed by atoms with van der Waals surface area (Å²) in [5.41, 5.74) is 0.583. The van der Waals surface area contributed by atoms with Crippen molar-refractivity contribution in [1.29, 1.82) is 0 Å². The van der Waals surface area contributed by atoms with Crippen molar-refractivity contribution in [2.24, 2.45) is 5.92 Å². The number of halogens is 2. The largest absolute Gasteiger partial charge is 0.390 e. The number of aliphatic hydroxyl groups is 1. The molecule has 1 aliphatic heterocycles. The van der Waals surface area contributed by atoms with Gasteiger partial charge in [-0.3, -0.25) is 0 Å². The third-order valence-electron chi connectivity index (χ3n) is 3.25. The summed E-state index contributed by atoms with van der Waals surface area (Å²) >= 11 is 0. The van der Waals surface area contributed by atoms with Gasteiger partial charge in [0.1, 0.15) is 0 Å². The Morgan fingerprint density at radius 2 is 2.18 bits per heavy atom. The van der Waals surface area contributed by atoms with Crippen LogP contribution < -0.4 is 0 Å². The molecular formula is C13H16F2O2. The minimum atomic E-state index is -0.880. The van der Waals surface area contributed by atoms with E-state index in [9.17, 15) is 13.9 Å². The number of hydrogen-bond acceptors (Lipinski definition) is 2. The standard InChI is InChI=1S/C13H16F2O2/c1-8-4-5-17-13(8)12(16)7-9-2-3-10(14)11(15)6-9/h2-3,6,8,12-13,16H,4-5,7H2,1H3. The lowest BCUT2D eigenvalue weighted by atomic mass is 9.95. The van der Waals surface area contributed by atoms with E-state index in [2.05, 4.69) is 0 Å². The average molecular weight is 242 g/mol. The highest BCUT2D eigenvalue weighted by molar-refractivity contribution is 5.18. The quantitative estimate of drug-likeness (QED) is 0.881. The molecule has 0 amide bonds. The lowest BCUT2D eigenvalue weighted by Gasteiger charge is -2.21. The second kappa shape index (κ2) is 5.10. The van der Waals surface area contributed by atoms with E-state index in [0.717, 1.165) is 18.6 Å². The smallest absolute Gasteiger partial charge is 0.159 e. The normalized spacial score (nSPS) is 26.1. The van der Waals surface area contributed by atoms with E-state index in [1.165, 1.54) is 6.07 Å². The Morgan fingerprint density at radius 3 is 2.76 bits per heavy atom. The third-order valence-corrected chi connectivity index (χ3v) is 3.25. The zero-order valence-electron chi connectivity index (χ0n) is 9.70. The summed E-state index contributed by atoms with van der Waals surface area (Å²) < 4.78 is 31.2. The van der Waals surface area contributed by atoms with Crippen LogP contribution in [0.25, 0.3) is 0 Å². The molecule has 0 radical (unpaired) electrons. The zero-order chi connectivity index (χ0) is 12.4. The summed E-state index contributed by atoms with van der Waals surface area (Å²) in [6.07, 6.45) is 0.339. The summed E-state index contributed by atoms with van der Waals surface area (Å²) in [5, 5.41) is 9.99. The molecule has 1 aliphatic rings. The van der Waals surface area contributed by atoms with Gasteiger partial charge in [-0.15, -0.1) is 0 Å². The van der Waals surface area contributed by atoms with Gasteiger partial charge in [-0.1, -0.05) is 13.0 Å². The van der Waals surface area contributed by atoms with Crippen molar-refractivity contribution in [1.82, 2.24) is 0 Å². The van der Waals surface area contributed by atoms with Gasteiger partial charge in [-0.25, -0.2) is 8.78 Å². The van der Waals surface area contributed by atoms with Crippen molar-refractivity contribution in [3.05, 3.63) is 35.4 Å². The van der Waals surface area contributed by atoms with Crippen LogP contribution in [0.3, 0.4) is 0 Å². The zero-order valence-corrected chi connectivity index (χ0v) is 9.70. The molecule has 0 spiro atoms. The number of ether oxygens (including phenoxy) is 1. The first-order valence-corrected chi connectivity index (χ1v) is 5.81. The molecule has 3 unspecified atom stereocenters. The molecule has 0 bridgehead atoms. The molecule has 1 fully saturated rings. The third kappa shape index (κ3) is 2.82. The summed E-state index contributed by atoms with van der Waals surface area (Å²) in [7, 11) is 0. The van der Waals surface area contributed by atoms with Crippen LogP contribution in [-0.4, -0.2) is 23.9 Å². The van der Waals surface area contributed by atoms with Crippen LogP contribution in [0, 0.1) is 17.6 Å². The molecule has 94 valence electrons. The van der Waals surface area contributed by atoms with Gasteiger partial charge in [-0.05, 0) is 30.0 Å². The van der Waals surface area contributed by atoms with Crippen molar-refractivity contribution in [3.63, 3.8) is 0 Å². The molecule has 0 aliphatic carbocycles. The van der Waals surface area contributed by atoms with E-state index in [1.54, 1.807) is 0 Å². The van der Waals surface area contributed by atoms with Gasteiger partial charge >= 0.3 is 0 Å². The molecule has 2 rings (SSSR count). The molecule has 1 N–H and O–H groups in total. The van der Waals surface area contributed by atoms with Gasteiger partial charge in [0.15, 0.2) is 11.6 Å². The fraction of sp³-hybridized carbons (Fsp3) is 0.538. The second-order valence-electron chi connectivity index (χ2n) is 4.62. The molecule has 2 nitrogen and oxygen atoms in total. The van der Waals surface area contributed by atoms with Crippen LogP contribution >= 0.6 is 0 Å². The summed E-state index contributed by atoms with van der Waals surface area (Å²) in [4.78, 5) is 0. The Kier molecular flexibility index (Phi) is 3.74. The molecule has 3 atom stereocenters. The highest BCUT2D eigenvalue weighted by Crippen LogP contribution is 2.24. The average Bonchev–Trinajstić information content (AvgIpc) is 2.70. The number of hydrogen-bond donors (Lipinski definition) is 1. The van der Waals surface area contributed by atoms with Crippen molar-refractivity contribution < 1.29 is 18.6 Å². The van der Waals surface area contributed by atoms with Crippen LogP contribution in [0.4, 0.5) is 8.78 Å².